The van der Waals surface area contributed by atoms with E-state index in [1.807, 2.05) is 7.11 Å². The molecule has 0 aromatic heterocycles. The number of ether oxygens (including phenoxy) is 1. The second-order valence-corrected chi connectivity index (χ2v) is 4.97. The monoisotopic (exact) mass is 212 g/mol. The molecule has 2 atom stereocenters. The summed E-state index contributed by atoms with van der Waals surface area (Å²) in [6, 6.07) is 0.771. The highest BCUT2D eigenvalue weighted by Gasteiger charge is 2.33. The van der Waals surface area contributed by atoms with Gasteiger partial charge in [-0.3, -0.25) is 4.90 Å². The van der Waals surface area contributed by atoms with Crippen molar-refractivity contribution < 1.29 is 4.74 Å². The molecule has 3 heteroatoms. The van der Waals surface area contributed by atoms with Gasteiger partial charge < -0.3 is 10.5 Å². The largest absolute Gasteiger partial charge is 0.381 e. The fourth-order valence-electron chi connectivity index (χ4n) is 3.22. The minimum Gasteiger partial charge on any atom is -0.381 e. The molecule has 0 radical (unpaired) electrons. The zero-order chi connectivity index (χ0) is 10.7. The summed E-state index contributed by atoms with van der Waals surface area (Å²) < 4.78 is 5.40. The third-order valence-electron chi connectivity index (χ3n) is 4.20. The topological polar surface area (TPSA) is 38.5 Å². The Balaban J connectivity index is 1.84. The van der Waals surface area contributed by atoms with Crippen molar-refractivity contribution in [1.29, 1.82) is 0 Å². The highest BCUT2D eigenvalue weighted by Crippen LogP contribution is 2.31. The molecule has 0 aromatic rings. The van der Waals surface area contributed by atoms with Gasteiger partial charge in [0.25, 0.3) is 0 Å². The number of nitrogens with two attached hydrogens (primary N) is 1. The van der Waals surface area contributed by atoms with Crippen LogP contribution >= 0.6 is 0 Å². The van der Waals surface area contributed by atoms with E-state index >= 15 is 0 Å². The summed E-state index contributed by atoms with van der Waals surface area (Å²) in [5, 5.41) is 0. The molecule has 1 aliphatic carbocycles. The molecular formula is C12H24N2O. The average molecular weight is 212 g/mol. The zero-order valence-corrected chi connectivity index (χ0v) is 9.82. The van der Waals surface area contributed by atoms with Crippen molar-refractivity contribution in [3.05, 3.63) is 0 Å². The molecule has 0 amide bonds. The van der Waals surface area contributed by atoms with Crippen LogP contribution in [0.25, 0.3) is 0 Å². The van der Waals surface area contributed by atoms with Crippen LogP contribution in [0.15, 0.2) is 0 Å². The van der Waals surface area contributed by atoms with E-state index in [4.69, 9.17) is 10.5 Å². The van der Waals surface area contributed by atoms with Crippen molar-refractivity contribution >= 4 is 0 Å². The summed E-state index contributed by atoms with van der Waals surface area (Å²) in [5.41, 5.74) is 5.83. The minimum atomic E-state index is 0.499. The van der Waals surface area contributed by atoms with Crippen LogP contribution < -0.4 is 5.73 Å². The normalized spacial score (nSPS) is 34.8. The van der Waals surface area contributed by atoms with Gasteiger partial charge in [0.15, 0.2) is 0 Å². The summed E-state index contributed by atoms with van der Waals surface area (Å²) >= 11 is 0. The van der Waals surface area contributed by atoms with Crippen molar-refractivity contribution in [3.63, 3.8) is 0 Å². The Morgan fingerprint density at radius 3 is 2.53 bits per heavy atom. The van der Waals surface area contributed by atoms with Gasteiger partial charge in [-0.1, -0.05) is 6.42 Å². The average Bonchev–Trinajstić information content (AvgIpc) is 2.77. The van der Waals surface area contributed by atoms with Gasteiger partial charge in [0, 0.05) is 26.2 Å². The van der Waals surface area contributed by atoms with E-state index in [0.29, 0.717) is 6.10 Å². The van der Waals surface area contributed by atoms with Crippen molar-refractivity contribution in [2.45, 2.75) is 44.2 Å². The highest BCUT2D eigenvalue weighted by molar-refractivity contribution is 4.88. The summed E-state index contributed by atoms with van der Waals surface area (Å²) in [6.45, 7) is 3.29. The third-order valence-corrected chi connectivity index (χ3v) is 4.20. The van der Waals surface area contributed by atoms with Gasteiger partial charge in [-0.05, 0) is 38.1 Å². The highest BCUT2D eigenvalue weighted by atomic mass is 16.5. The molecular weight excluding hydrogens is 188 g/mol. The van der Waals surface area contributed by atoms with Crippen LogP contribution in [0.4, 0.5) is 0 Å². The minimum absolute atomic E-state index is 0.499. The Bertz CT molecular complexity index is 190. The second-order valence-electron chi connectivity index (χ2n) is 4.97. The SMILES string of the molecule is COC1CCN(C2CCCC2CN)CC1. The van der Waals surface area contributed by atoms with E-state index in [9.17, 15) is 0 Å². The first kappa shape index (κ1) is 11.4. The lowest BCUT2D eigenvalue weighted by atomic mass is 9.98. The van der Waals surface area contributed by atoms with Crippen LogP contribution in [0.5, 0.6) is 0 Å². The summed E-state index contributed by atoms with van der Waals surface area (Å²) in [7, 11) is 1.83. The van der Waals surface area contributed by atoms with Crippen LogP contribution in [-0.2, 0) is 4.74 Å². The number of hydrogen-bond donors (Lipinski definition) is 1. The van der Waals surface area contributed by atoms with E-state index in [2.05, 4.69) is 4.90 Å². The molecule has 1 heterocycles. The van der Waals surface area contributed by atoms with Gasteiger partial charge in [-0.2, -0.15) is 0 Å². The van der Waals surface area contributed by atoms with E-state index in [1.54, 1.807) is 0 Å². The third kappa shape index (κ3) is 2.52. The first-order valence-corrected chi connectivity index (χ1v) is 6.32. The van der Waals surface area contributed by atoms with Crippen molar-refractivity contribution in [2.24, 2.45) is 11.7 Å². The van der Waals surface area contributed by atoms with Gasteiger partial charge in [0.1, 0.15) is 0 Å². The Morgan fingerprint density at radius 2 is 1.93 bits per heavy atom. The lowest BCUT2D eigenvalue weighted by Crippen LogP contribution is -2.46. The Hall–Kier alpha value is -0.120. The fraction of sp³-hybridized carbons (Fsp3) is 1.00. The van der Waals surface area contributed by atoms with Crippen LogP contribution in [-0.4, -0.2) is 43.8 Å². The Kier molecular flexibility index (Phi) is 4.00. The van der Waals surface area contributed by atoms with E-state index < -0.39 is 0 Å². The molecule has 1 saturated heterocycles. The number of likely N-dealkylation sites (tertiary alicyclic amines) is 1. The van der Waals surface area contributed by atoms with Gasteiger partial charge >= 0.3 is 0 Å². The molecule has 0 bridgehead atoms. The molecule has 88 valence electrons. The first-order chi connectivity index (χ1) is 7.35. The summed E-state index contributed by atoms with van der Waals surface area (Å²) in [5.74, 6) is 0.754. The predicted octanol–water partition coefficient (Wildman–Crippen LogP) is 1.22. The van der Waals surface area contributed by atoms with Gasteiger partial charge in [0.05, 0.1) is 6.10 Å². The lowest BCUT2D eigenvalue weighted by molar-refractivity contribution is 0.0214. The molecule has 2 aliphatic rings. The molecule has 1 aliphatic heterocycles. The number of hydrogen-bond acceptors (Lipinski definition) is 3. The van der Waals surface area contributed by atoms with Crippen molar-refractivity contribution in [2.75, 3.05) is 26.7 Å². The van der Waals surface area contributed by atoms with Crippen LogP contribution in [0.2, 0.25) is 0 Å². The van der Waals surface area contributed by atoms with Crippen molar-refractivity contribution in [1.82, 2.24) is 4.90 Å². The maximum Gasteiger partial charge on any atom is 0.0595 e. The number of methoxy groups -OCH3 is 1. The second kappa shape index (κ2) is 5.28. The number of rotatable bonds is 3. The maximum absolute atomic E-state index is 5.83. The Morgan fingerprint density at radius 1 is 1.20 bits per heavy atom. The molecule has 3 nitrogen and oxygen atoms in total. The lowest BCUT2D eigenvalue weighted by Gasteiger charge is -2.37. The van der Waals surface area contributed by atoms with Crippen molar-refractivity contribution in [3.8, 4) is 0 Å². The first-order valence-electron chi connectivity index (χ1n) is 6.32. The molecule has 2 rings (SSSR count). The molecule has 0 spiro atoms. The molecule has 2 N–H and O–H groups in total. The van der Waals surface area contributed by atoms with Crippen LogP contribution in [0, 0.1) is 5.92 Å². The summed E-state index contributed by atoms with van der Waals surface area (Å²) in [6.07, 6.45) is 6.97. The fourth-order valence-corrected chi connectivity index (χ4v) is 3.22. The van der Waals surface area contributed by atoms with Crippen LogP contribution in [0.3, 0.4) is 0 Å². The van der Waals surface area contributed by atoms with Gasteiger partial charge in [-0.25, -0.2) is 0 Å². The molecule has 2 fully saturated rings. The smallest absolute Gasteiger partial charge is 0.0595 e. The predicted molar refractivity (Wildman–Crippen MR) is 61.8 cm³/mol. The van der Waals surface area contributed by atoms with Gasteiger partial charge in [0.2, 0.25) is 0 Å². The van der Waals surface area contributed by atoms with E-state index in [1.165, 1.54) is 45.2 Å². The van der Waals surface area contributed by atoms with E-state index in [0.717, 1.165) is 18.5 Å². The standard InChI is InChI=1S/C12H24N2O/c1-15-11-5-7-14(8-6-11)12-4-2-3-10(12)9-13/h10-12H,2-9,13H2,1H3. The maximum atomic E-state index is 5.83. The molecule has 2 unspecified atom stereocenters. The zero-order valence-electron chi connectivity index (χ0n) is 9.82. The molecule has 15 heavy (non-hydrogen) atoms. The Labute approximate surface area is 93.0 Å². The quantitative estimate of drug-likeness (QED) is 0.764. The molecule has 0 aromatic carbocycles. The number of nitrogens with zero attached hydrogens (tertiary/aromatic N) is 1. The van der Waals surface area contributed by atoms with E-state index in [-0.39, 0.29) is 0 Å². The van der Waals surface area contributed by atoms with Gasteiger partial charge in [-0.15, -0.1) is 0 Å². The van der Waals surface area contributed by atoms with Crippen LogP contribution in [0.1, 0.15) is 32.1 Å². The summed E-state index contributed by atoms with van der Waals surface area (Å²) in [4.78, 5) is 2.65. The molecule has 1 saturated carbocycles. The number of piperidine rings is 1.